The lowest BCUT2D eigenvalue weighted by molar-refractivity contribution is -0.145. The average Bonchev–Trinajstić information content (AvgIpc) is 2.45. The maximum atomic E-state index is 12.7. The Labute approximate surface area is 142 Å². The minimum atomic E-state index is -1.34. The summed E-state index contributed by atoms with van der Waals surface area (Å²) < 4.78 is 10.7. The molecule has 1 aliphatic heterocycles. The van der Waals surface area contributed by atoms with Gasteiger partial charge in [0.2, 0.25) is 0 Å². The van der Waals surface area contributed by atoms with Crippen molar-refractivity contribution in [2.75, 3.05) is 7.11 Å². The number of hydrogen-bond acceptors (Lipinski definition) is 5. The largest absolute Gasteiger partial charge is 0.467 e. The van der Waals surface area contributed by atoms with E-state index in [0.29, 0.717) is 15.6 Å². The number of esters is 1. The summed E-state index contributed by atoms with van der Waals surface area (Å²) in [4.78, 5) is 38.3. The Bertz CT molecular complexity index is 665. The van der Waals surface area contributed by atoms with Gasteiger partial charge in [0.1, 0.15) is 5.60 Å². The number of ether oxygens (including phenoxy) is 2. The number of nitrogens with zero attached hydrogens (tertiary/aromatic N) is 1. The van der Waals surface area contributed by atoms with E-state index in [1.165, 1.54) is 7.11 Å². The smallest absolute Gasteiger partial charge is 0.411 e. The van der Waals surface area contributed by atoms with Crippen molar-refractivity contribution in [2.24, 2.45) is 0 Å². The molecule has 0 aromatic heterocycles. The molecule has 23 heavy (non-hydrogen) atoms. The highest BCUT2D eigenvalue weighted by Crippen LogP contribution is 2.30. The van der Waals surface area contributed by atoms with Gasteiger partial charge < -0.3 is 9.47 Å². The van der Waals surface area contributed by atoms with Crippen molar-refractivity contribution in [1.82, 2.24) is 4.90 Å². The van der Waals surface area contributed by atoms with Crippen LogP contribution in [0.4, 0.5) is 4.79 Å². The number of carbonyl (C=O) groups is 3. The van der Waals surface area contributed by atoms with Crippen LogP contribution in [0.5, 0.6) is 0 Å². The minimum absolute atomic E-state index is 0.0805. The molecule has 7 heteroatoms. The molecule has 0 spiro atoms. The Morgan fingerprint density at radius 3 is 2.52 bits per heavy atom. The van der Waals surface area contributed by atoms with E-state index < -0.39 is 29.5 Å². The van der Waals surface area contributed by atoms with Crippen LogP contribution in [-0.4, -0.2) is 41.5 Å². The molecule has 1 aromatic carbocycles. The molecular formula is C16H18BrNO5. The van der Waals surface area contributed by atoms with E-state index >= 15 is 0 Å². The Kier molecular flexibility index (Phi) is 4.79. The zero-order valence-electron chi connectivity index (χ0n) is 13.4. The Morgan fingerprint density at radius 2 is 1.96 bits per heavy atom. The second-order valence-electron chi connectivity index (χ2n) is 6.16. The number of benzene rings is 1. The third-order valence-corrected chi connectivity index (χ3v) is 4.07. The van der Waals surface area contributed by atoms with Crippen molar-refractivity contribution in [3.63, 3.8) is 0 Å². The first kappa shape index (κ1) is 17.5. The highest BCUT2D eigenvalue weighted by molar-refractivity contribution is 9.10. The van der Waals surface area contributed by atoms with Gasteiger partial charge >= 0.3 is 12.1 Å². The molecule has 2 rings (SSSR count). The minimum Gasteiger partial charge on any atom is -0.467 e. The third-order valence-electron chi connectivity index (χ3n) is 3.33. The Hall–Kier alpha value is -1.89. The number of Topliss-reactive ketones (excluding diaryl/α,β-unsaturated/α-hetero) is 1. The van der Waals surface area contributed by atoms with E-state index in [4.69, 9.17) is 9.47 Å². The number of ketones is 1. The van der Waals surface area contributed by atoms with E-state index in [-0.39, 0.29) is 6.54 Å². The topological polar surface area (TPSA) is 72.9 Å². The summed E-state index contributed by atoms with van der Waals surface area (Å²) in [7, 11) is 1.18. The van der Waals surface area contributed by atoms with Crippen LogP contribution in [0.2, 0.25) is 0 Å². The maximum Gasteiger partial charge on any atom is 0.411 e. The average molecular weight is 384 g/mol. The molecule has 124 valence electrons. The summed E-state index contributed by atoms with van der Waals surface area (Å²) in [6, 6.07) is 3.78. The van der Waals surface area contributed by atoms with Crippen molar-refractivity contribution in [1.29, 1.82) is 0 Å². The molecule has 1 atom stereocenters. The number of methoxy groups -OCH3 is 1. The van der Waals surface area contributed by atoms with Crippen LogP contribution in [0.15, 0.2) is 22.7 Å². The second kappa shape index (κ2) is 6.31. The van der Waals surface area contributed by atoms with Crippen molar-refractivity contribution in [2.45, 2.75) is 39.0 Å². The van der Waals surface area contributed by atoms with Gasteiger partial charge in [-0.1, -0.05) is 28.1 Å². The number of hydrogen-bond donors (Lipinski definition) is 0. The predicted molar refractivity (Wildman–Crippen MR) is 86.1 cm³/mol. The number of rotatable bonds is 1. The SMILES string of the molecule is COC(=O)[C@H]1C(=O)c2cccc(Br)c2CN1C(=O)OC(C)(C)C. The summed E-state index contributed by atoms with van der Waals surface area (Å²) >= 11 is 3.37. The lowest BCUT2D eigenvalue weighted by Gasteiger charge is -2.35. The van der Waals surface area contributed by atoms with Crippen LogP contribution in [0, 0.1) is 0 Å². The highest BCUT2D eigenvalue weighted by Gasteiger charge is 2.44. The molecular weight excluding hydrogens is 366 g/mol. The number of carbonyl (C=O) groups excluding carboxylic acids is 3. The standard InChI is InChI=1S/C16H18BrNO5/c1-16(2,3)23-15(21)18-8-10-9(6-5-7-11(10)17)13(19)12(18)14(20)22-4/h5-7,12H,8H2,1-4H3/t12-/m1/s1. The van der Waals surface area contributed by atoms with E-state index in [1.54, 1.807) is 39.0 Å². The molecule has 6 nitrogen and oxygen atoms in total. The molecule has 1 aromatic rings. The van der Waals surface area contributed by atoms with Gasteiger partial charge in [-0.25, -0.2) is 9.59 Å². The fourth-order valence-corrected chi connectivity index (χ4v) is 2.83. The normalized spacial score (nSPS) is 17.5. The van der Waals surface area contributed by atoms with Gasteiger partial charge in [0.25, 0.3) is 0 Å². The predicted octanol–water partition coefficient (Wildman–Crippen LogP) is 2.92. The first-order valence-corrected chi connectivity index (χ1v) is 7.84. The third kappa shape index (κ3) is 3.55. The zero-order valence-corrected chi connectivity index (χ0v) is 15.0. The van der Waals surface area contributed by atoms with Crippen LogP contribution in [0.3, 0.4) is 0 Å². The first-order valence-electron chi connectivity index (χ1n) is 7.04. The molecule has 0 radical (unpaired) electrons. The van der Waals surface area contributed by atoms with E-state index in [1.807, 2.05) is 0 Å². The Morgan fingerprint density at radius 1 is 1.30 bits per heavy atom. The van der Waals surface area contributed by atoms with Crippen molar-refractivity contribution in [3.8, 4) is 0 Å². The second-order valence-corrected chi connectivity index (χ2v) is 7.02. The Balaban J connectivity index is 2.47. The molecule has 1 aliphatic rings. The van der Waals surface area contributed by atoms with Gasteiger partial charge in [0.05, 0.1) is 13.7 Å². The van der Waals surface area contributed by atoms with Crippen LogP contribution in [0.25, 0.3) is 0 Å². The summed E-state index contributed by atoms with van der Waals surface area (Å²) in [5, 5.41) is 0. The quantitative estimate of drug-likeness (QED) is 0.550. The molecule has 0 aliphatic carbocycles. The zero-order chi connectivity index (χ0) is 17.4. The number of halogens is 1. The van der Waals surface area contributed by atoms with Crippen LogP contribution in [0.1, 0.15) is 36.7 Å². The number of fused-ring (bicyclic) bond motifs is 1. The molecule has 0 saturated carbocycles. The molecule has 1 amide bonds. The first-order chi connectivity index (χ1) is 10.7. The van der Waals surface area contributed by atoms with E-state index in [0.717, 1.165) is 4.90 Å². The van der Waals surface area contributed by atoms with Crippen molar-refractivity contribution < 1.29 is 23.9 Å². The molecule has 0 saturated heterocycles. The number of amides is 1. The highest BCUT2D eigenvalue weighted by atomic mass is 79.9. The van der Waals surface area contributed by atoms with E-state index in [9.17, 15) is 14.4 Å². The van der Waals surface area contributed by atoms with Gasteiger partial charge in [-0.05, 0) is 32.4 Å². The molecule has 0 N–H and O–H groups in total. The molecule has 1 heterocycles. The summed E-state index contributed by atoms with van der Waals surface area (Å²) in [5.41, 5.74) is 0.299. The van der Waals surface area contributed by atoms with Gasteiger partial charge in [0, 0.05) is 10.0 Å². The van der Waals surface area contributed by atoms with Crippen LogP contribution >= 0.6 is 15.9 Å². The van der Waals surface area contributed by atoms with Crippen molar-refractivity contribution in [3.05, 3.63) is 33.8 Å². The lowest BCUT2D eigenvalue weighted by Crippen LogP contribution is -2.54. The summed E-state index contributed by atoms with van der Waals surface area (Å²) in [6.45, 7) is 5.23. The van der Waals surface area contributed by atoms with E-state index in [2.05, 4.69) is 15.9 Å². The van der Waals surface area contributed by atoms with Gasteiger partial charge in [-0.3, -0.25) is 9.69 Å². The molecule has 0 bridgehead atoms. The summed E-state index contributed by atoms with van der Waals surface area (Å²) in [6.07, 6.45) is -0.734. The lowest BCUT2D eigenvalue weighted by atomic mass is 9.93. The molecule has 0 unspecified atom stereocenters. The fraction of sp³-hybridized carbons (Fsp3) is 0.438. The van der Waals surface area contributed by atoms with Gasteiger partial charge in [-0.2, -0.15) is 0 Å². The monoisotopic (exact) mass is 383 g/mol. The maximum absolute atomic E-state index is 12.7. The van der Waals surface area contributed by atoms with Gasteiger partial charge in [0.15, 0.2) is 11.8 Å². The fourth-order valence-electron chi connectivity index (χ4n) is 2.34. The van der Waals surface area contributed by atoms with Crippen LogP contribution < -0.4 is 0 Å². The summed E-state index contributed by atoms with van der Waals surface area (Å²) in [5.74, 6) is -1.27. The van der Waals surface area contributed by atoms with Crippen molar-refractivity contribution >= 4 is 33.8 Å². The van der Waals surface area contributed by atoms with Crippen LogP contribution in [-0.2, 0) is 20.8 Å². The molecule has 0 fully saturated rings. The van der Waals surface area contributed by atoms with Gasteiger partial charge in [-0.15, -0.1) is 0 Å².